The Morgan fingerprint density at radius 2 is 1.92 bits per heavy atom. The Kier molecular flexibility index (Phi) is 4.71. The van der Waals surface area contributed by atoms with E-state index in [1.165, 1.54) is 6.20 Å². The molecule has 0 radical (unpaired) electrons. The monoisotopic (exact) mass is 363 g/mol. The molecule has 0 aliphatic carbocycles. The van der Waals surface area contributed by atoms with E-state index in [0.29, 0.717) is 17.0 Å². The Morgan fingerprint density at radius 1 is 1.20 bits per heavy atom. The first-order valence-corrected chi connectivity index (χ1v) is 9.17. The van der Waals surface area contributed by atoms with E-state index in [4.69, 9.17) is 9.47 Å². The minimum Gasteiger partial charge on any atom is -0.618 e. The molecular weight excluding hydrogens is 342 g/mol. The van der Waals surface area contributed by atoms with Gasteiger partial charge in [0.05, 0.1) is 47.5 Å². The van der Waals surface area contributed by atoms with Gasteiger partial charge in [-0.3, -0.25) is 4.21 Å². The highest BCUT2D eigenvalue weighted by Crippen LogP contribution is 2.34. The maximum atomic E-state index is 12.8. The quantitative estimate of drug-likeness (QED) is 0.624. The van der Waals surface area contributed by atoms with Crippen LogP contribution in [0.5, 0.6) is 11.5 Å². The van der Waals surface area contributed by atoms with Crippen molar-refractivity contribution in [2.45, 2.75) is 25.1 Å². The maximum Gasteiger partial charge on any atom is 0.212 e. The molecule has 0 saturated carbocycles. The molecule has 134 valence electrons. The Bertz CT molecular complexity index is 841. The molecule has 2 aromatic rings. The molecule has 1 aromatic carbocycles. The van der Waals surface area contributed by atoms with Crippen molar-refractivity contribution >= 4 is 22.2 Å². The normalized spacial score (nSPS) is 16.6. The number of methoxy groups -OCH3 is 2. The van der Waals surface area contributed by atoms with E-state index in [1.54, 1.807) is 14.2 Å². The average Bonchev–Trinajstić information content (AvgIpc) is 3.01. The third kappa shape index (κ3) is 3.21. The number of pyridine rings is 1. The number of fused-ring (bicyclic) bond motifs is 1. The molecule has 0 spiro atoms. The zero-order valence-corrected chi connectivity index (χ0v) is 15.4. The molecule has 0 bridgehead atoms. The largest absolute Gasteiger partial charge is 0.618 e. The van der Waals surface area contributed by atoms with Crippen LogP contribution in [-0.2, 0) is 16.6 Å². The second kappa shape index (κ2) is 6.79. The Morgan fingerprint density at radius 3 is 2.60 bits per heavy atom. The molecule has 3 rings (SSSR count). The molecule has 0 unspecified atom stereocenters. The highest BCUT2D eigenvalue weighted by Gasteiger charge is 2.28. The first-order chi connectivity index (χ1) is 11.9. The third-order valence-corrected chi connectivity index (χ3v) is 5.57. The van der Waals surface area contributed by atoms with E-state index in [9.17, 15) is 9.42 Å². The van der Waals surface area contributed by atoms with Gasteiger partial charge >= 0.3 is 0 Å². The summed E-state index contributed by atoms with van der Waals surface area (Å²) in [6, 6.07) is 5.54. The van der Waals surface area contributed by atoms with Gasteiger partial charge in [0.1, 0.15) is 17.3 Å². The number of nitrogens with zero attached hydrogens (tertiary/aromatic N) is 1. The zero-order chi connectivity index (χ0) is 18.1. The number of benzene rings is 1. The van der Waals surface area contributed by atoms with Crippen LogP contribution >= 0.6 is 0 Å². The first-order valence-electron chi connectivity index (χ1n) is 7.79. The fraction of sp³-hybridized carbons (Fsp3) is 0.353. The first kappa shape index (κ1) is 17.3. The van der Waals surface area contributed by atoms with Crippen molar-refractivity contribution in [3.63, 3.8) is 0 Å². The minimum absolute atomic E-state index is 0.113. The summed E-state index contributed by atoms with van der Waals surface area (Å²) in [5.74, 6) is 1.48. The Labute approximate surface area is 149 Å². The summed E-state index contributed by atoms with van der Waals surface area (Å²) >= 11 is 0. The third-order valence-electron chi connectivity index (χ3n) is 4.25. The molecule has 2 N–H and O–H groups in total. The van der Waals surface area contributed by atoms with Crippen molar-refractivity contribution < 1.29 is 18.4 Å². The van der Waals surface area contributed by atoms with E-state index in [2.05, 4.69) is 10.6 Å². The summed E-state index contributed by atoms with van der Waals surface area (Å²) in [6.07, 6.45) is 1.45. The number of aromatic nitrogens is 1. The van der Waals surface area contributed by atoms with Crippen LogP contribution in [0, 0.1) is 19.1 Å². The fourth-order valence-electron chi connectivity index (χ4n) is 2.95. The predicted molar refractivity (Wildman–Crippen MR) is 97.3 cm³/mol. The standard InChI is InChI=1S/C17H21N3O4S/c1-10-8-20(21)15(11(2)16(10)24-4)9-25(22)17-18-13-6-5-12(23-3)7-14(13)19-17/h5-8,17-19H,9H2,1-4H3/t17-,25+/m0/s1. The molecule has 25 heavy (non-hydrogen) atoms. The van der Waals surface area contributed by atoms with Crippen molar-refractivity contribution in [1.29, 1.82) is 0 Å². The highest BCUT2D eigenvalue weighted by atomic mass is 32.2. The molecule has 0 saturated heterocycles. The maximum absolute atomic E-state index is 12.8. The number of aryl methyl sites for hydroxylation is 1. The number of hydrogen-bond donors (Lipinski definition) is 2. The van der Waals surface area contributed by atoms with Crippen LogP contribution in [0.15, 0.2) is 24.4 Å². The molecular formula is C17H21N3O4S. The van der Waals surface area contributed by atoms with E-state index in [-0.39, 0.29) is 5.75 Å². The number of rotatable bonds is 5. The molecule has 0 fully saturated rings. The van der Waals surface area contributed by atoms with Gasteiger partial charge < -0.3 is 25.3 Å². The molecule has 1 aliphatic heterocycles. The zero-order valence-electron chi connectivity index (χ0n) is 14.6. The van der Waals surface area contributed by atoms with Gasteiger partial charge in [-0.15, -0.1) is 0 Å². The highest BCUT2D eigenvalue weighted by molar-refractivity contribution is 7.85. The SMILES string of the molecule is COc1ccc2c(c1)N[C@@H]([S@](=O)Cc1c(C)c(OC)c(C)c[n+]1[O-])N2. The van der Waals surface area contributed by atoms with Gasteiger partial charge in [-0.05, 0) is 26.0 Å². The topological polar surface area (TPSA) is 86.5 Å². The van der Waals surface area contributed by atoms with Crippen molar-refractivity contribution in [2.24, 2.45) is 0 Å². The number of nitrogens with one attached hydrogen (secondary N) is 2. The van der Waals surface area contributed by atoms with Crippen molar-refractivity contribution in [2.75, 3.05) is 24.9 Å². The van der Waals surface area contributed by atoms with E-state index >= 15 is 0 Å². The van der Waals surface area contributed by atoms with Crippen LogP contribution in [-0.4, -0.2) is 23.9 Å². The summed E-state index contributed by atoms with van der Waals surface area (Å²) in [4.78, 5) is 0. The van der Waals surface area contributed by atoms with Gasteiger partial charge in [-0.25, -0.2) is 0 Å². The smallest absolute Gasteiger partial charge is 0.212 e. The van der Waals surface area contributed by atoms with Crippen LogP contribution in [0.4, 0.5) is 11.4 Å². The summed E-state index contributed by atoms with van der Waals surface area (Å²) in [5, 5.41) is 18.6. The molecule has 1 aromatic heterocycles. The van der Waals surface area contributed by atoms with E-state index in [1.807, 2.05) is 32.0 Å². The molecule has 8 heteroatoms. The van der Waals surface area contributed by atoms with Crippen LogP contribution in [0.25, 0.3) is 0 Å². The van der Waals surface area contributed by atoms with Crippen LogP contribution in [0.1, 0.15) is 16.8 Å². The fourth-order valence-corrected chi connectivity index (χ4v) is 4.25. The summed E-state index contributed by atoms with van der Waals surface area (Å²) < 4.78 is 24.1. The predicted octanol–water partition coefficient (Wildman–Crippen LogP) is 2.02. The van der Waals surface area contributed by atoms with E-state index in [0.717, 1.165) is 27.4 Å². The van der Waals surface area contributed by atoms with E-state index < -0.39 is 16.3 Å². The minimum atomic E-state index is -1.36. The average molecular weight is 363 g/mol. The van der Waals surface area contributed by atoms with Crippen molar-refractivity contribution in [3.05, 3.63) is 46.4 Å². The molecule has 7 nitrogen and oxygen atoms in total. The van der Waals surface area contributed by atoms with Gasteiger partial charge in [0.25, 0.3) is 0 Å². The van der Waals surface area contributed by atoms with Gasteiger partial charge in [-0.1, -0.05) is 0 Å². The molecule has 1 aliphatic rings. The lowest BCUT2D eigenvalue weighted by molar-refractivity contribution is -0.613. The Balaban J connectivity index is 1.80. The summed E-state index contributed by atoms with van der Waals surface area (Å²) in [7, 11) is 1.80. The van der Waals surface area contributed by atoms with Crippen LogP contribution < -0.4 is 24.8 Å². The van der Waals surface area contributed by atoms with Gasteiger partial charge in [-0.2, -0.15) is 4.73 Å². The summed E-state index contributed by atoms with van der Waals surface area (Å²) in [6.45, 7) is 3.62. The van der Waals surface area contributed by atoms with Gasteiger partial charge in [0.15, 0.2) is 11.7 Å². The Hall–Kier alpha value is -2.48. The summed E-state index contributed by atoms with van der Waals surface area (Å²) in [5.41, 5.74) is 3.11. The van der Waals surface area contributed by atoms with Crippen molar-refractivity contribution in [1.82, 2.24) is 0 Å². The molecule has 2 atom stereocenters. The van der Waals surface area contributed by atoms with Crippen LogP contribution in [0.3, 0.4) is 0 Å². The lowest BCUT2D eigenvalue weighted by Crippen LogP contribution is -2.37. The number of hydrogen-bond acceptors (Lipinski definition) is 6. The second-order valence-corrected chi connectivity index (χ2v) is 7.37. The molecule has 0 amide bonds. The lowest BCUT2D eigenvalue weighted by atomic mass is 10.1. The van der Waals surface area contributed by atoms with Crippen molar-refractivity contribution in [3.8, 4) is 11.5 Å². The van der Waals surface area contributed by atoms with Gasteiger partial charge in [0.2, 0.25) is 5.69 Å². The number of ether oxygens (including phenoxy) is 2. The molecule has 2 heterocycles. The van der Waals surface area contributed by atoms with Crippen LogP contribution in [0.2, 0.25) is 0 Å². The second-order valence-electron chi connectivity index (χ2n) is 5.85. The lowest BCUT2D eigenvalue weighted by Gasteiger charge is -2.15. The van der Waals surface area contributed by atoms with Gasteiger partial charge in [0, 0.05) is 6.07 Å². The number of anilines is 2.